The minimum atomic E-state index is -3.61. The first-order valence-electron chi connectivity index (χ1n) is 6.26. The highest BCUT2D eigenvalue weighted by atomic mass is 32.2. The van der Waals surface area contributed by atoms with Crippen LogP contribution in [0.5, 0.6) is 0 Å². The van der Waals surface area contributed by atoms with Gasteiger partial charge in [-0.3, -0.25) is 4.40 Å². The van der Waals surface area contributed by atoms with Gasteiger partial charge >= 0.3 is 0 Å². The molecule has 0 unspecified atom stereocenters. The fourth-order valence-electron chi connectivity index (χ4n) is 1.87. The monoisotopic (exact) mass is 334 g/mol. The minimum absolute atomic E-state index is 0.0397. The lowest BCUT2D eigenvalue weighted by molar-refractivity contribution is 0.572. The number of nitrogens with zero attached hydrogens (tertiary/aromatic N) is 2. The van der Waals surface area contributed by atoms with Crippen LogP contribution in [-0.2, 0) is 10.0 Å². The zero-order chi connectivity index (χ0) is 14.6. The molecule has 0 spiro atoms. The summed E-state index contributed by atoms with van der Waals surface area (Å²) in [7, 11) is -3.61. The van der Waals surface area contributed by atoms with Crippen LogP contribution >= 0.6 is 23.1 Å². The maximum Gasteiger partial charge on any atom is 0.260 e. The summed E-state index contributed by atoms with van der Waals surface area (Å²) in [6, 6.07) is 0. The number of anilines is 1. The van der Waals surface area contributed by atoms with Crippen LogP contribution in [0, 0.1) is 0 Å². The van der Waals surface area contributed by atoms with E-state index in [1.54, 1.807) is 23.3 Å². The van der Waals surface area contributed by atoms with Crippen molar-refractivity contribution in [2.75, 3.05) is 24.3 Å². The van der Waals surface area contributed by atoms with Crippen molar-refractivity contribution in [3.05, 3.63) is 11.6 Å². The van der Waals surface area contributed by atoms with Gasteiger partial charge in [-0.15, -0.1) is 11.3 Å². The number of sulfonamides is 1. The van der Waals surface area contributed by atoms with Crippen LogP contribution in [0.4, 0.5) is 5.82 Å². The zero-order valence-corrected chi connectivity index (χ0v) is 13.7. The predicted octanol–water partition coefficient (Wildman–Crippen LogP) is 1.79. The summed E-state index contributed by atoms with van der Waals surface area (Å²) < 4.78 is 28.6. The molecule has 0 aliphatic carbocycles. The lowest BCUT2D eigenvalue weighted by Gasteiger charge is -2.06. The van der Waals surface area contributed by atoms with Gasteiger partial charge < -0.3 is 5.73 Å². The normalized spacial score (nSPS) is 12.2. The van der Waals surface area contributed by atoms with Crippen molar-refractivity contribution < 1.29 is 8.42 Å². The first kappa shape index (κ1) is 15.6. The molecule has 2 aromatic rings. The van der Waals surface area contributed by atoms with Gasteiger partial charge in [-0.05, 0) is 24.9 Å². The Bertz CT molecular complexity index is 662. The molecule has 0 aromatic carbocycles. The number of aromatic nitrogens is 2. The van der Waals surface area contributed by atoms with E-state index in [0.29, 0.717) is 11.5 Å². The molecule has 6 nitrogen and oxygen atoms in total. The van der Waals surface area contributed by atoms with Crippen molar-refractivity contribution in [1.29, 1.82) is 0 Å². The van der Waals surface area contributed by atoms with Crippen LogP contribution in [0.1, 0.15) is 19.3 Å². The third kappa shape index (κ3) is 3.46. The highest BCUT2D eigenvalue weighted by Gasteiger charge is 2.23. The zero-order valence-electron chi connectivity index (χ0n) is 11.2. The van der Waals surface area contributed by atoms with Crippen molar-refractivity contribution >= 4 is 43.9 Å². The van der Waals surface area contributed by atoms with Crippen LogP contribution in [-0.4, -0.2) is 36.4 Å². The van der Waals surface area contributed by atoms with E-state index in [1.807, 2.05) is 0 Å². The van der Waals surface area contributed by atoms with Crippen molar-refractivity contribution in [3.63, 3.8) is 0 Å². The molecule has 2 aromatic heterocycles. The van der Waals surface area contributed by atoms with Crippen LogP contribution in [0.3, 0.4) is 0 Å². The van der Waals surface area contributed by atoms with E-state index in [-0.39, 0.29) is 10.8 Å². The third-order valence-electron chi connectivity index (χ3n) is 2.82. The number of rotatable bonds is 8. The molecule has 0 atom stereocenters. The number of nitrogen functional groups attached to an aromatic ring is 1. The second kappa shape index (κ2) is 6.79. The maximum absolute atomic E-state index is 12.3. The molecule has 3 N–H and O–H groups in total. The molecular formula is C11H18N4O2S3. The highest BCUT2D eigenvalue weighted by molar-refractivity contribution is 7.98. The predicted molar refractivity (Wildman–Crippen MR) is 84.9 cm³/mol. The fraction of sp³-hybridized carbons (Fsp3) is 0.545. The number of thioether (sulfide) groups is 1. The van der Waals surface area contributed by atoms with Crippen molar-refractivity contribution in [3.8, 4) is 0 Å². The first-order valence-corrected chi connectivity index (χ1v) is 10.0. The van der Waals surface area contributed by atoms with Gasteiger partial charge in [-0.1, -0.05) is 6.42 Å². The highest BCUT2D eigenvalue weighted by Crippen LogP contribution is 2.23. The van der Waals surface area contributed by atoms with Crippen LogP contribution in [0.15, 0.2) is 16.6 Å². The quantitative estimate of drug-likeness (QED) is 0.718. The van der Waals surface area contributed by atoms with Gasteiger partial charge in [0.2, 0.25) is 0 Å². The molecule has 2 heterocycles. The lowest BCUT2D eigenvalue weighted by Crippen LogP contribution is -2.26. The number of nitrogens with two attached hydrogens (primary N) is 1. The number of fused-ring (bicyclic) bond motifs is 1. The number of hydrogen-bond donors (Lipinski definition) is 2. The minimum Gasteiger partial charge on any atom is -0.381 e. The average molecular weight is 334 g/mol. The van der Waals surface area contributed by atoms with Crippen molar-refractivity contribution in [2.45, 2.75) is 24.3 Å². The molecule has 0 aliphatic heterocycles. The van der Waals surface area contributed by atoms with Crippen molar-refractivity contribution in [1.82, 2.24) is 14.1 Å². The van der Waals surface area contributed by atoms with Gasteiger partial charge in [-0.2, -0.15) is 11.8 Å². The van der Waals surface area contributed by atoms with Crippen LogP contribution in [0.2, 0.25) is 0 Å². The van der Waals surface area contributed by atoms with Crippen LogP contribution in [0.25, 0.3) is 4.96 Å². The van der Waals surface area contributed by atoms with Crippen LogP contribution < -0.4 is 10.5 Å². The fourth-order valence-corrected chi connectivity index (χ4v) is 4.42. The Morgan fingerprint density at radius 1 is 1.45 bits per heavy atom. The molecule has 0 saturated heterocycles. The smallest absolute Gasteiger partial charge is 0.260 e. The molecule has 2 rings (SSSR count). The van der Waals surface area contributed by atoms with E-state index in [9.17, 15) is 8.42 Å². The Labute approximate surface area is 126 Å². The first-order chi connectivity index (χ1) is 9.56. The lowest BCUT2D eigenvalue weighted by atomic mass is 10.2. The number of imidazole rings is 1. The number of unbranched alkanes of at least 4 members (excludes halogenated alkanes) is 2. The molecule has 0 amide bonds. The van der Waals surface area contributed by atoms with Gasteiger partial charge in [0.25, 0.3) is 10.0 Å². The van der Waals surface area contributed by atoms with E-state index in [2.05, 4.69) is 16.0 Å². The molecule has 0 aliphatic rings. The maximum atomic E-state index is 12.3. The summed E-state index contributed by atoms with van der Waals surface area (Å²) in [6.45, 7) is 0.424. The van der Waals surface area contributed by atoms with E-state index in [0.717, 1.165) is 25.0 Å². The third-order valence-corrected chi connectivity index (χ3v) is 5.77. The van der Waals surface area contributed by atoms with E-state index >= 15 is 0 Å². The molecule has 112 valence electrons. The molecule has 20 heavy (non-hydrogen) atoms. The van der Waals surface area contributed by atoms with E-state index in [1.165, 1.54) is 15.7 Å². The topological polar surface area (TPSA) is 89.5 Å². The largest absolute Gasteiger partial charge is 0.381 e. The Balaban J connectivity index is 2.00. The van der Waals surface area contributed by atoms with E-state index in [4.69, 9.17) is 5.73 Å². The number of thiazole rings is 1. The van der Waals surface area contributed by atoms with Gasteiger partial charge in [0.15, 0.2) is 15.8 Å². The Morgan fingerprint density at radius 3 is 3.00 bits per heavy atom. The molecule has 0 fully saturated rings. The average Bonchev–Trinajstić information content (AvgIpc) is 2.92. The molecule has 0 saturated carbocycles. The summed E-state index contributed by atoms with van der Waals surface area (Å²) in [5.41, 5.74) is 5.71. The second-order valence-electron chi connectivity index (χ2n) is 4.31. The van der Waals surface area contributed by atoms with E-state index < -0.39 is 10.0 Å². The Hall–Kier alpha value is -0.770. The molecular weight excluding hydrogens is 316 g/mol. The SMILES string of the molecule is CSCCCCCNS(=O)(=O)c1c(N)nc2sccn12. The Morgan fingerprint density at radius 2 is 2.25 bits per heavy atom. The Kier molecular flexibility index (Phi) is 5.30. The summed E-state index contributed by atoms with van der Waals surface area (Å²) in [4.78, 5) is 4.63. The summed E-state index contributed by atoms with van der Waals surface area (Å²) in [5.74, 6) is 1.16. The van der Waals surface area contributed by atoms with Gasteiger partial charge in [0.1, 0.15) is 0 Å². The van der Waals surface area contributed by atoms with Crippen molar-refractivity contribution in [2.24, 2.45) is 0 Å². The molecule has 0 bridgehead atoms. The summed E-state index contributed by atoms with van der Waals surface area (Å²) >= 11 is 3.16. The number of hydrogen-bond acceptors (Lipinski definition) is 6. The summed E-state index contributed by atoms with van der Waals surface area (Å²) in [5, 5.41) is 1.82. The van der Waals surface area contributed by atoms with Gasteiger partial charge in [0.05, 0.1) is 0 Å². The number of nitrogens with one attached hydrogen (secondary N) is 1. The molecule has 9 heteroatoms. The standard InChI is InChI=1S/C11H18N4O2S3/c1-18-7-4-2-3-5-13-20(16,17)10-9(12)14-11-15(10)6-8-19-11/h6,8,13H,2-5,7,12H2,1H3. The molecule has 0 radical (unpaired) electrons. The second-order valence-corrected chi connectivity index (χ2v) is 7.85. The van der Waals surface area contributed by atoms with Gasteiger partial charge in [0, 0.05) is 18.1 Å². The summed E-state index contributed by atoms with van der Waals surface area (Å²) in [6.07, 6.45) is 6.67. The van der Waals surface area contributed by atoms with Gasteiger partial charge in [-0.25, -0.2) is 18.1 Å².